The van der Waals surface area contributed by atoms with Gasteiger partial charge in [-0.25, -0.2) is 0 Å². The quantitative estimate of drug-likeness (QED) is 0.807. The average Bonchev–Trinajstić information content (AvgIpc) is 2.77. The summed E-state index contributed by atoms with van der Waals surface area (Å²) in [4.78, 5) is 2.68. The van der Waals surface area contributed by atoms with Crippen LogP contribution in [0.4, 0.5) is 0 Å². The summed E-state index contributed by atoms with van der Waals surface area (Å²) in [7, 11) is 0. The van der Waals surface area contributed by atoms with Gasteiger partial charge < -0.3 is 10.2 Å². The van der Waals surface area contributed by atoms with E-state index >= 15 is 0 Å². The Bertz CT molecular complexity index is 376. The van der Waals surface area contributed by atoms with Gasteiger partial charge in [0.15, 0.2) is 0 Å². The van der Waals surface area contributed by atoms with Gasteiger partial charge in [-0.3, -0.25) is 0 Å². The molecule has 2 atom stereocenters. The Balaban J connectivity index is 1.84. The number of rotatable bonds is 7. The van der Waals surface area contributed by atoms with E-state index in [9.17, 15) is 0 Å². The highest BCUT2D eigenvalue weighted by atomic mass is 15.1. The van der Waals surface area contributed by atoms with E-state index in [4.69, 9.17) is 0 Å². The number of hydrogen-bond donors (Lipinski definition) is 1. The highest BCUT2D eigenvalue weighted by Gasteiger charge is 2.17. The maximum atomic E-state index is 3.65. The molecule has 0 aliphatic carbocycles. The first-order valence-electron chi connectivity index (χ1n) is 8.84. The summed E-state index contributed by atoms with van der Waals surface area (Å²) in [5.41, 5.74) is 1.43. The number of nitrogens with one attached hydrogen (secondary N) is 1. The predicted molar refractivity (Wildman–Crippen MR) is 91.5 cm³/mol. The van der Waals surface area contributed by atoms with Crippen LogP contribution in [0, 0.1) is 5.92 Å². The van der Waals surface area contributed by atoms with E-state index in [1.54, 1.807) is 0 Å². The second kappa shape index (κ2) is 9.22. The Kier molecular flexibility index (Phi) is 7.25. The topological polar surface area (TPSA) is 15.3 Å². The second-order valence-corrected chi connectivity index (χ2v) is 6.36. The highest BCUT2D eigenvalue weighted by molar-refractivity contribution is 5.18. The van der Waals surface area contributed by atoms with Crippen LogP contribution in [-0.4, -0.2) is 31.1 Å². The van der Waals surface area contributed by atoms with Crippen molar-refractivity contribution in [3.05, 3.63) is 35.9 Å². The molecule has 0 spiro atoms. The van der Waals surface area contributed by atoms with Gasteiger partial charge in [-0.05, 0) is 63.3 Å². The number of hydrogen-bond acceptors (Lipinski definition) is 2. The summed E-state index contributed by atoms with van der Waals surface area (Å²) in [6.45, 7) is 9.40. The van der Waals surface area contributed by atoms with E-state index in [0.29, 0.717) is 6.04 Å². The zero-order chi connectivity index (χ0) is 14.9. The van der Waals surface area contributed by atoms with Crippen molar-refractivity contribution < 1.29 is 0 Å². The largest absolute Gasteiger partial charge is 0.310 e. The van der Waals surface area contributed by atoms with Gasteiger partial charge >= 0.3 is 0 Å². The monoisotopic (exact) mass is 288 g/mol. The minimum Gasteiger partial charge on any atom is -0.310 e. The lowest BCUT2D eigenvalue weighted by Crippen LogP contribution is -2.30. The van der Waals surface area contributed by atoms with Gasteiger partial charge in [0.05, 0.1) is 0 Å². The molecule has 1 aromatic carbocycles. The predicted octanol–water partition coefficient (Wildman–Crippen LogP) is 4.24. The van der Waals surface area contributed by atoms with E-state index in [0.717, 1.165) is 12.5 Å². The van der Waals surface area contributed by atoms with Crippen LogP contribution in [0.15, 0.2) is 30.3 Å². The van der Waals surface area contributed by atoms with Crippen LogP contribution in [0.25, 0.3) is 0 Å². The average molecular weight is 288 g/mol. The maximum Gasteiger partial charge on any atom is 0.0332 e. The van der Waals surface area contributed by atoms with Crippen molar-refractivity contribution in [1.29, 1.82) is 0 Å². The molecule has 0 saturated carbocycles. The van der Waals surface area contributed by atoms with E-state index in [1.807, 2.05) is 0 Å². The molecule has 1 saturated heterocycles. The minimum absolute atomic E-state index is 0.501. The molecule has 1 aliphatic heterocycles. The van der Waals surface area contributed by atoms with Gasteiger partial charge in [0.1, 0.15) is 0 Å². The zero-order valence-electron chi connectivity index (χ0n) is 13.9. The molecule has 21 heavy (non-hydrogen) atoms. The normalized spacial score (nSPS) is 21.9. The molecular formula is C19H32N2. The van der Waals surface area contributed by atoms with Gasteiger partial charge in [0.2, 0.25) is 0 Å². The molecular weight excluding hydrogens is 256 g/mol. The van der Waals surface area contributed by atoms with Crippen LogP contribution in [0.1, 0.15) is 57.6 Å². The Hall–Kier alpha value is -0.860. The molecule has 0 bridgehead atoms. The van der Waals surface area contributed by atoms with Crippen LogP contribution in [0.3, 0.4) is 0 Å². The molecule has 1 aliphatic rings. The summed E-state index contributed by atoms with van der Waals surface area (Å²) >= 11 is 0. The first kappa shape index (κ1) is 16.5. The van der Waals surface area contributed by atoms with E-state index in [2.05, 4.69) is 54.4 Å². The molecule has 1 N–H and O–H groups in total. The van der Waals surface area contributed by atoms with Crippen LogP contribution < -0.4 is 5.32 Å². The van der Waals surface area contributed by atoms with E-state index < -0.39 is 0 Å². The Morgan fingerprint density at radius 2 is 1.95 bits per heavy atom. The maximum absolute atomic E-state index is 3.65. The second-order valence-electron chi connectivity index (χ2n) is 6.36. The molecule has 0 aromatic heterocycles. The number of benzene rings is 1. The van der Waals surface area contributed by atoms with Crippen molar-refractivity contribution in [2.24, 2.45) is 5.92 Å². The van der Waals surface area contributed by atoms with Crippen LogP contribution in [0.5, 0.6) is 0 Å². The fraction of sp³-hybridized carbons (Fsp3) is 0.684. The smallest absolute Gasteiger partial charge is 0.0332 e. The van der Waals surface area contributed by atoms with Crippen molar-refractivity contribution >= 4 is 0 Å². The van der Waals surface area contributed by atoms with Crippen molar-refractivity contribution in [2.45, 2.75) is 52.0 Å². The third-order valence-electron chi connectivity index (χ3n) is 4.90. The van der Waals surface area contributed by atoms with Crippen molar-refractivity contribution in [1.82, 2.24) is 10.2 Å². The molecule has 0 radical (unpaired) electrons. The number of likely N-dealkylation sites (tertiary alicyclic amines) is 1. The van der Waals surface area contributed by atoms with E-state index in [1.165, 1.54) is 57.3 Å². The molecule has 118 valence electrons. The highest BCUT2D eigenvalue weighted by Crippen LogP contribution is 2.22. The molecule has 1 fully saturated rings. The van der Waals surface area contributed by atoms with Gasteiger partial charge in [-0.15, -0.1) is 0 Å². The third-order valence-corrected chi connectivity index (χ3v) is 4.90. The third kappa shape index (κ3) is 5.44. The van der Waals surface area contributed by atoms with Crippen molar-refractivity contribution in [3.63, 3.8) is 0 Å². The van der Waals surface area contributed by atoms with Crippen molar-refractivity contribution in [3.8, 4) is 0 Å². The lowest BCUT2D eigenvalue weighted by molar-refractivity contribution is 0.262. The van der Waals surface area contributed by atoms with Crippen LogP contribution in [0.2, 0.25) is 0 Å². The summed E-state index contributed by atoms with van der Waals surface area (Å²) in [6, 6.07) is 11.4. The Labute approximate surface area is 130 Å². The fourth-order valence-electron chi connectivity index (χ4n) is 3.49. The standard InChI is InChI=1S/C19H32N2/c1-3-17-9-8-14-21(15-12-17)16-13-19(20-4-2)18-10-6-5-7-11-18/h5-7,10-11,17,19-20H,3-4,8-9,12-16H2,1-2H3. The SMILES string of the molecule is CCNC(CCN1CCCC(CC)CC1)c1ccccc1. The summed E-state index contributed by atoms with van der Waals surface area (Å²) in [5, 5.41) is 3.65. The number of nitrogens with zero attached hydrogens (tertiary/aromatic N) is 1. The van der Waals surface area contributed by atoms with Crippen molar-refractivity contribution in [2.75, 3.05) is 26.2 Å². The lowest BCUT2D eigenvalue weighted by Gasteiger charge is -2.24. The van der Waals surface area contributed by atoms with Gasteiger partial charge in [0, 0.05) is 6.04 Å². The summed E-state index contributed by atoms with van der Waals surface area (Å²) in [6.07, 6.45) is 6.79. The Morgan fingerprint density at radius 3 is 2.67 bits per heavy atom. The van der Waals surface area contributed by atoms with Gasteiger partial charge in [-0.1, -0.05) is 50.6 Å². The Morgan fingerprint density at radius 1 is 1.14 bits per heavy atom. The first-order valence-corrected chi connectivity index (χ1v) is 8.84. The minimum atomic E-state index is 0.501. The zero-order valence-corrected chi connectivity index (χ0v) is 13.9. The summed E-state index contributed by atoms with van der Waals surface area (Å²) in [5.74, 6) is 0.966. The lowest BCUT2D eigenvalue weighted by atomic mass is 9.98. The van der Waals surface area contributed by atoms with Gasteiger partial charge in [-0.2, -0.15) is 0 Å². The van der Waals surface area contributed by atoms with Crippen LogP contribution >= 0.6 is 0 Å². The molecule has 2 unspecified atom stereocenters. The molecule has 2 nitrogen and oxygen atoms in total. The molecule has 2 heteroatoms. The fourth-order valence-corrected chi connectivity index (χ4v) is 3.49. The van der Waals surface area contributed by atoms with E-state index in [-0.39, 0.29) is 0 Å². The molecule has 1 aromatic rings. The first-order chi connectivity index (χ1) is 10.3. The molecule has 2 rings (SSSR count). The van der Waals surface area contributed by atoms with Crippen LogP contribution in [-0.2, 0) is 0 Å². The van der Waals surface area contributed by atoms with Gasteiger partial charge in [0.25, 0.3) is 0 Å². The molecule has 1 heterocycles. The molecule has 0 amide bonds. The summed E-state index contributed by atoms with van der Waals surface area (Å²) < 4.78 is 0.